The fraction of sp³-hybridized carbons (Fsp3) is 0.182. The first kappa shape index (κ1) is 9.52. The van der Waals surface area contributed by atoms with E-state index in [1.54, 1.807) is 0 Å². The van der Waals surface area contributed by atoms with Crippen molar-refractivity contribution >= 4 is 5.91 Å². The van der Waals surface area contributed by atoms with E-state index in [1.807, 2.05) is 30.3 Å². The molecule has 0 saturated heterocycles. The Bertz CT molecular complexity index is 318. The molecule has 13 heavy (non-hydrogen) atoms. The zero-order valence-electron chi connectivity index (χ0n) is 7.49. The van der Waals surface area contributed by atoms with E-state index < -0.39 is 0 Å². The van der Waals surface area contributed by atoms with Gasteiger partial charge in [0.15, 0.2) is 0 Å². The van der Waals surface area contributed by atoms with Gasteiger partial charge in [-0.25, -0.2) is 0 Å². The molecule has 1 rings (SSSR count). The quantitative estimate of drug-likeness (QED) is 0.691. The Labute approximate surface area is 78.1 Å². The summed E-state index contributed by atoms with van der Waals surface area (Å²) in [6.07, 6.45) is 2.97. The van der Waals surface area contributed by atoms with Crippen LogP contribution in [-0.4, -0.2) is 5.91 Å². The maximum Gasteiger partial charge on any atom is 0.221 e. The van der Waals surface area contributed by atoms with Crippen molar-refractivity contribution in [2.45, 2.75) is 12.8 Å². The third-order valence-corrected chi connectivity index (χ3v) is 1.75. The minimum absolute atomic E-state index is 0.296. The van der Waals surface area contributed by atoms with Gasteiger partial charge in [0.1, 0.15) is 0 Å². The predicted octanol–water partition coefficient (Wildman–Crippen LogP) is 1.44. The maximum absolute atomic E-state index is 10.6. The molecule has 0 heterocycles. The summed E-state index contributed by atoms with van der Waals surface area (Å²) >= 11 is 0. The van der Waals surface area contributed by atoms with Gasteiger partial charge in [0.05, 0.1) is 6.42 Å². The molecule has 0 unspecified atom stereocenters. The van der Waals surface area contributed by atoms with Crippen LogP contribution in [0.25, 0.3) is 0 Å². The Kier molecular flexibility index (Phi) is 3.26. The summed E-state index contributed by atoms with van der Waals surface area (Å²) in [6, 6.07) is 7.81. The van der Waals surface area contributed by atoms with Crippen LogP contribution in [0.15, 0.2) is 36.9 Å². The maximum atomic E-state index is 10.6. The third-order valence-electron chi connectivity index (χ3n) is 1.75. The van der Waals surface area contributed by atoms with Crippen molar-refractivity contribution in [2.24, 2.45) is 5.73 Å². The van der Waals surface area contributed by atoms with Crippen molar-refractivity contribution in [3.8, 4) is 0 Å². The molecule has 0 aromatic heterocycles. The predicted molar refractivity (Wildman–Crippen MR) is 53.2 cm³/mol. The van der Waals surface area contributed by atoms with Crippen molar-refractivity contribution in [2.75, 3.05) is 0 Å². The van der Waals surface area contributed by atoms with Gasteiger partial charge in [-0.2, -0.15) is 0 Å². The molecule has 2 N–H and O–H groups in total. The van der Waals surface area contributed by atoms with Gasteiger partial charge in [0.25, 0.3) is 0 Å². The molecule has 0 fully saturated rings. The molecule has 1 aromatic rings. The zero-order chi connectivity index (χ0) is 9.68. The van der Waals surface area contributed by atoms with Gasteiger partial charge in [-0.05, 0) is 17.5 Å². The van der Waals surface area contributed by atoms with Crippen molar-refractivity contribution in [1.29, 1.82) is 0 Å². The highest BCUT2D eigenvalue weighted by Gasteiger charge is 1.98. The molecule has 2 nitrogen and oxygen atoms in total. The number of carbonyl (C=O) groups is 1. The molecule has 0 aliphatic heterocycles. The molecule has 68 valence electrons. The standard InChI is InChI=1S/C11H13NO/c1-2-4-9-5-3-6-10(7-9)8-11(12)13/h2-3,5-7H,1,4,8H2,(H2,12,13). The number of primary amides is 1. The second-order valence-electron chi connectivity index (χ2n) is 2.96. The minimum atomic E-state index is -0.296. The van der Waals surface area contributed by atoms with Gasteiger partial charge in [-0.15, -0.1) is 6.58 Å². The van der Waals surface area contributed by atoms with Gasteiger partial charge in [0, 0.05) is 0 Å². The average molecular weight is 175 g/mol. The summed E-state index contributed by atoms with van der Waals surface area (Å²) in [4.78, 5) is 10.6. The van der Waals surface area contributed by atoms with E-state index in [0.29, 0.717) is 6.42 Å². The Morgan fingerprint density at radius 3 is 2.77 bits per heavy atom. The smallest absolute Gasteiger partial charge is 0.221 e. The van der Waals surface area contributed by atoms with Crippen LogP contribution in [0.3, 0.4) is 0 Å². The molecular formula is C11H13NO. The number of carbonyl (C=O) groups excluding carboxylic acids is 1. The number of hydrogen-bond donors (Lipinski definition) is 1. The summed E-state index contributed by atoms with van der Waals surface area (Å²) < 4.78 is 0. The molecule has 1 aromatic carbocycles. The lowest BCUT2D eigenvalue weighted by Crippen LogP contribution is -2.13. The Morgan fingerprint density at radius 1 is 1.46 bits per heavy atom. The van der Waals surface area contributed by atoms with E-state index in [1.165, 1.54) is 0 Å². The van der Waals surface area contributed by atoms with E-state index in [2.05, 4.69) is 6.58 Å². The number of benzene rings is 1. The van der Waals surface area contributed by atoms with E-state index in [-0.39, 0.29) is 5.91 Å². The molecule has 0 atom stereocenters. The second kappa shape index (κ2) is 4.45. The summed E-state index contributed by atoms with van der Waals surface area (Å²) in [7, 11) is 0. The topological polar surface area (TPSA) is 43.1 Å². The Hall–Kier alpha value is -1.57. The van der Waals surface area contributed by atoms with Crippen LogP contribution in [-0.2, 0) is 17.6 Å². The number of amides is 1. The highest BCUT2D eigenvalue weighted by atomic mass is 16.1. The minimum Gasteiger partial charge on any atom is -0.369 e. The monoisotopic (exact) mass is 175 g/mol. The number of rotatable bonds is 4. The first-order valence-corrected chi connectivity index (χ1v) is 4.19. The lowest BCUT2D eigenvalue weighted by Gasteiger charge is -2.00. The van der Waals surface area contributed by atoms with E-state index in [4.69, 9.17) is 5.73 Å². The summed E-state index contributed by atoms with van der Waals surface area (Å²) in [5.41, 5.74) is 7.21. The van der Waals surface area contributed by atoms with E-state index in [9.17, 15) is 4.79 Å². The van der Waals surface area contributed by atoms with Gasteiger partial charge in [-0.1, -0.05) is 30.3 Å². The van der Waals surface area contributed by atoms with Crippen LogP contribution >= 0.6 is 0 Å². The molecule has 0 saturated carbocycles. The SMILES string of the molecule is C=CCc1cccc(CC(N)=O)c1. The summed E-state index contributed by atoms with van der Waals surface area (Å²) in [5, 5.41) is 0. The van der Waals surface area contributed by atoms with Gasteiger partial charge in [-0.3, -0.25) is 4.79 Å². The van der Waals surface area contributed by atoms with Crippen LogP contribution in [0.2, 0.25) is 0 Å². The molecule has 0 aliphatic carbocycles. The number of allylic oxidation sites excluding steroid dienone is 1. The average Bonchev–Trinajstić information content (AvgIpc) is 2.04. The fourth-order valence-corrected chi connectivity index (χ4v) is 1.23. The van der Waals surface area contributed by atoms with Gasteiger partial charge in [0.2, 0.25) is 5.91 Å². The number of nitrogens with two attached hydrogens (primary N) is 1. The fourth-order valence-electron chi connectivity index (χ4n) is 1.23. The molecule has 0 spiro atoms. The summed E-state index contributed by atoms with van der Waals surface area (Å²) in [6.45, 7) is 3.65. The Morgan fingerprint density at radius 2 is 2.15 bits per heavy atom. The second-order valence-corrected chi connectivity index (χ2v) is 2.96. The van der Waals surface area contributed by atoms with Gasteiger partial charge < -0.3 is 5.73 Å². The first-order valence-electron chi connectivity index (χ1n) is 4.19. The zero-order valence-corrected chi connectivity index (χ0v) is 7.49. The highest BCUT2D eigenvalue weighted by Crippen LogP contribution is 2.06. The third kappa shape index (κ3) is 3.11. The lowest BCUT2D eigenvalue weighted by atomic mass is 10.1. The van der Waals surface area contributed by atoms with Crippen molar-refractivity contribution in [1.82, 2.24) is 0 Å². The van der Waals surface area contributed by atoms with Crippen LogP contribution in [0.1, 0.15) is 11.1 Å². The van der Waals surface area contributed by atoms with Crippen LogP contribution in [0.5, 0.6) is 0 Å². The molecular weight excluding hydrogens is 162 g/mol. The molecule has 0 aliphatic rings. The van der Waals surface area contributed by atoms with Crippen LogP contribution in [0, 0.1) is 0 Å². The van der Waals surface area contributed by atoms with Gasteiger partial charge >= 0.3 is 0 Å². The van der Waals surface area contributed by atoms with Crippen molar-refractivity contribution in [3.05, 3.63) is 48.0 Å². The van der Waals surface area contributed by atoms with E-state index in [0.717, 1.165) is 17.5 Å². The first-order chi connectivity index (χ1) is 6.22. The van der Waals surface area contributed by atoms with E-state index >= 15 is 0 Å². The molecule has 1 amide bonds. The Balaban J connectivity index is 2.78. The molecule has 2 heteroatoms. The van der Waals surface area contributed by atoms with Crippen molar-refractivity contribution < 1.29 is 4.79 Å². The molecule has 0 bridgehead atoms. The largest absolute Gasteiger partial charge is 0.369 e. The van der Waals surface area contributed by atoms with Crippen LogP contribution < -0.4 is 5.73 Å². The lowest BCUT2D eigenvalue weighted by molar-refractivity contribution is -0.117. The molecule has 0 radical (unpaired) electrons. The summed E-state index contributed by atoms with van der Waals surface area (Å²) in [5.74, 6) is -0.296. The highest BCUT2D eigenvalue weighted by molar-refractivity contribution is 5.76. The number of hydrogen-bond acceptors (Lipinski definition) is 1. The normalized spacial score (nSPS) is 9.54. The van der Waals surface area contributed by atoms with Crippen molar-refractivity contribution in [3.63, 3.8) is 0 Å². The van der Waals surface area contributed by atoms with Crippen LogP contribution in [0.4, 0.5) is 0 Å².